The lowest BCUT2D eigenvalue weighted by molar-refractivity contribution is -0.121. The molecule has 0 fully saturated rings. The van der Waals surface area contributed by atoms with E-state index < -0.39 is 5.97 Å². The number of aryl methyl sites for hydroxylation is 1. The predicted octanol–water partition coefficient (Wildman–Crippen LogP) is 1.68. The Kier molecular flexibility index (Phi) is 4.30. The maximum absolute atomic E-state index is 11.6. The van der Waals surface area contributed by atoms with Gasteiger partial charge >= 0.3 is 5.97 Å². The van der Waals surface area contributed by atoms with Crippen molar-refractivity contribution in [2.45, 2.75) is 19.4 Å². The second kappa shape index (κ2) is 6.14. The van der Waals surface area contributed by atoms with Gasteiger partial charge in [-0.3, -0.25) is 4.79 Å². The van der Waals surface area contributed by atoms with Crippen LogP contribution in [0, 0.1) is 0 Å². The van der Waals surface area contributed by atoms with Gasteiger partial charge in [-0.25, -0.2) is 9.78 Å². The van der Waals surface area contributed by atoms with E-state index in [-0.39, 0.29) is 18.2 Å². The number of hydrogen-bond acceptors (Lipinski definition) is 5. The predicted molar refractivity (Wildman–Crippen MR) is 67.9 cm³/mol. The van der Waals surface area contributed by atoms with Gasteiger partial charge in [-0.1, -0.05) is 0 Å². The molecule has 100 valence electrons. The highest BCUT2D eigenvalue weighted by Crippen LogP contribution is 2.10. The molecule has 0 aliphatic heterocycles. The van der Waals surface area contributed by atoms with Gasteiger partial charge in [-0.15, -0.1) is 11.3 Å². The number of furan rings is 1. The molecule has 0 saturated carbocycles. The molecule has 0 saturated heterocycles. The van der Waals surface area contributed by atoms with Crippen LogP contribution in [0.25, 0.3) is 0 Å². The van der Waals surface area contributed by atoms with Crippen LogP contribution in [0.3, 0.4) is 0 Å². The smallest absolute Gasteiger partial charge is 0.372 e. The van der Waals surface area contributed by atoms with Crippen LogP contribution in [0.5, 0.6) is 0 Å². The Morgan fingerprint density at radius 3 is 3.00 bits per heavy atom. The first-order valence-corrected chi connectivity index (χ1v) is 6.54. The number of carbonyl (C=O) groups is 2. The fourth-order valence-electron chi connectivity index (χ4n) is 1.55. The Morgan fingerprint density at radius 1 is 1.47 bits per heavy atom. The van der Waals surface area contributed by atoms with Crippen LogP contribution < -0.4 is 5.32 Å². The zero-order chi connectivity index (χ0) is 13.7. The van der Waals surface area contributed by atoms with Crippen LogP contribution in [0.1, 0.15) is 28.2 Å². The average molecular weight is 280 g/mol. The van der Waals surface area contributed by atoms with Gasteiger partial charge in [0.15, 0.2) is 0 Å². The molecule has 0 unspecified atom stereocenters. The fraction of sp³-hybridized carbons (Fsp3) is 0.250. The fourth-order valence-corrected chi connectivity index (χ4v) is 2.14. The van der Waals surface area contributed by atoms with E-state index >= 15 is 0 Å². The summed E-state index contributed by atoms with van der Waals surface area (Å²) in [6, 6.07) is 1.53. The first kappa shape index (κ1) is 13.3. The molecule has 0 bridgehead atoms. The molecule has 6 nitrogen and oxygen atoms in total. The van der Waals surface area contributed by atoms with Crippen molar-refractivity contribution < 1.29 is 19.1 Å². The molecule has 2 rings (SSSR count). The zero-order valence-corrected chi connectivity index (χ0v) is 10.8. The van der Waals surface area contributed by atoms with Gasteiger partial charge in [0.25, 0.3) is 0 Å². The van der Waals surface area contributed by atoms with E-state index in [2.05, 4.69) is 10.3 Å². The summed E-state index contributed by atoms with van der Waals surface area (Å²) in [6.45, 7) is 0.147. The van der Waals surface area contributed by atoms with Crippen molar-refractivity contribution in [3.63, 3.8) is 0 Å². The van der Waals surface area contributed by atoms with E-state index in [4.69, 9.17) is 9.52 Å². The maximum atomic E-state index is 11.6. The number of aromatic nitrogens is 1. The largest absolute Gasteiger partial charge is 0.475 e. The van der Waals surface area contributed by atoms with E-state index in [1.165, 1.54) is 23.7 Å². The van der Waals surface area contributed by atoms with E-state index in [0.29, 0.717) is 18.4 Å². The van der Waals surface area contributed by atoms with Crippen molar-refractivity contribution in [3.8, 4) is 0 Å². The van der Waals surface area contributed by atoms with Gasteiger partial charge in [-0.05, 0) is 12.5 Å². The highest BCUT2D eigenvalue weighted by Gasteiger charge is 2.14. The first-order chi connectivity index (χ1) is 9.16. The third kappa shape index (κ3) is 3.65. The number of nitrogens with zero attached hydrogens (tertiary/aromatic N) is 1. The molecule has 2 aromatic heterocycles. The van der Waals surface area contributed by atoms with Crippen LogP contribution in [-0.2, 0) is 17.8 Å². The molecule has 0 spiro atoms. The standard InChI is InChI=1S/C12H12N2O4S/c15-10(2-1-9-6-19-7-14-9)13-5-8-3-4-18-11(8)12(16)17/h3-4,6-7H,1-2,5H2,(H,13,15)(H,16,17). The Labute approximate surface area is 113 Å². The Morgan fingerprint density at radius 2 is 2.32 bits per heavy atom. The van der Waals surface area contributed by atoms with Crippen molar-refractivity contribution >= 4 is 23.2 Å². The van der Waals surface area contributed by atoms with Gasteiger partial charge in [0.05, 0.1) is 17.5 Å². The molecule has 19 heavy (non-hydrogen) atoms. The summed E-state index contributed by atoms with van der Waals surface area (Å²) in [7, 11) is 0. The third-order valence-electron chi connectivity index (χ3n) is 2.51. The van der Waals surface area contributed by atoms with Crippen LogP contribution in [0.2, 0.25) is 0 Å². The lowest BCUT2D eigenvalue weighted by Crippen LogP contribution is -2.23. The molecule has 0 aliphatic rings. The SMILES string of the molecule is O=C(CCc1cscn1)NCc1ccoc1C(=O)O. The monoisotopic (exact) mass is 280 g/mol. The minimum atomic E-state index is -1.14. The Bertz CT molecular complexity index is 562. The van der Waals surface area contributed by atoms with Gasteiger partial charge in [-0.2, -0.15) is 0 Å². The third-order valence-corrected chi connectivity index (χ3v) is 3.14. The second-order valence-electron chi connectivity index (χ2n) is 3.84. The normalized spacial score (nSPS) is 10.3. The quantitative estimate of drug-likeness (QED) is 0.840. The Hall–Kier alpha value is -2.15. The average Bonchev–Trinajstić information content (AvgIpc) is 3.04. The summed E-state index contributed by atoms with van der Waals surface area (Å²) in [5.74, 6) is -1.43. The summed E-state index contributed by atoms with van der Waals surface area (Å²) in [5.41, 5.74) is 3.06. The first-order valence-electron chi connectivity index (χ1n) is 5.60. The summed E-state index contributed by atoms with van der Waals surface area (Å²) in [4.78, 5) is 26.5. The summed E-state index contributed by atoms with van der Waals surface area (Å²) in [5, 5.41) is 13.4. The number of carboxylic acids is 1. The molecule has 0 radical (unpaired) electrons. The van der Waals surface area contributed by atoms with E-state index in [9.17, 15) is 9.59 Å². The molecule has 0 aromatic carbocycles. The van der Waals surface area contributed by atoms with Crippen LogP contribution in [-0.4, -0.2) is 22.0 Å². The van der Waals surface area contributed by atoms with Gasteiger partial charge in [0, 0.05) is 23.9 Å². The molecule has 2 N–H and O–H groups in total. The molecule has 1 amide bonds. The zero-order valence-electron chi connectivity index (χ0n) is 9.96. The molecule has 0 atom stereocenters. The topological polar surface area (TPSA) is 92.4 Å². The van der Waals surface area contributed by atoms with Crippen molar-refractivity contribution in [1.29, 1.82) is 0 Å². The molecule has 2 aromatic rings. The van der Waals surface area contributed by atoms with E-state index in [1.54, 1.807) is 5.51 Å². The Balaban J connectivity index is 1.80. The van der Waals surface area contributed by atoms with Crippen LogP contribution in [0.4, 0.5) is 0 Å². The number of aromatic carboxylic acids is 1. The molecular weight excluding hydrogens is 268 g/mol. The summed E-state index contributed by atoms with van der Waals surface area (Å²) in [6.07, 6.45) is 2.19. The van der Waals surface area contributed by atoms with Crippen molar-refractivity contribution in [3.05, 3.63) is 40.2 Å². The minimum absolute atomic E-state index is 0.139. The maximum Gasteiger partial charge on any atom is 0.372 e. The van der Waals surface area contributed by atoms with E-state index in [0.717, 1.165) is 5.69 Å². The van der Waals surface area contributed by atoms with Crippen LogP contribution >= 0.6 is 11.3 Å². The lowest BCUT2D eigenvalue weighted by Gasteiger charge is -2.03. The molecule has 7 heteroatoms. The summed E-state index contributed by atoms with van der Waals surface area (Å²) < 4.78 is 4.82. The molecule has 2 heterocycles. The molecular formula is C12H12N2O4S. The van der Waals surface area contributed by atoms with Crippen molar-refractivity contribution in [2.24, 2.45) is 0 Å². The highest BCUT2D eigenvalue weighted by atomic mass is 32.1. The number of nitrogens with one attached hydrogen (secondary N) is 1. The summed E-state index contributed by atoms with van der Waals surface area (Å²) >= 11 is 1.49. The van der Waals surface area contributed by atoms with Gasteiger partial charge in [0.2, 0.25) is 11.7 Å². The number of carboxylic acid groups (broad SMARTS) is 1. The van der Waals surface area contributed by atoms with Gasteiger partial charge < -0.3 is 14.8 Å². The van der Waals surface area contributed by atoms with Crippen molar-refractivity contribution in [2.75, 3.05) is 0 Å². The second-order valence-corrected chi connectivity index (χ2v) is 4.56. The minimum Gasteiger partial charge on any atom is -0.475 e. The van der Waals surface area contributed by atoms with Gasteiger partial charge in [0.1, 0.15) is 0 Å². The highest BCUT2D eigenvalue weighted by molar-refractivity contribution is 7.07. The number of thiazole rings is 1. The van der Waals surface area contributed by atoms with Crippen LogP contribution in [0.15, 0.2) is 27.6 Å². The molecule has 0 aliphatic carbocycles. The number of amides is 1. The number of carbonyl (C=O) groups excluding carboxylic acids is 1. The lowest BCUT2D eigenvalue weighted by atomic mass is 10.2. The number of hydrogen-bond donors (Lipinski definition) is 2. The van der Waals surface area contributed by atoms with E-state index in [1.807, 2.05) is 5.38 Å². The van der Waals surface area contributed by atoms with Crippen molar-refractivity contribution in [1.82, 2.24) is 10.3 Å². The number of rotatable bonds is 6.